The van der Waals surface area contributed by atoms with Gasteiger partial charge in [-0.05, 0) is 32.0 Å². The molecular formula is C14H18ClN3OS. The van der Waals surface area contributed by atoms with Gasteiger partial charge in [-0.3, -0.25) is 11.3 Å². The van der Waals surface area contributed by atoms with E-state index >= 15 is 0 Å². The molecule has 0 saturated carbocycles. The van der Waals surface area contributed by atoms with Crippen molar-refractivity contribution in [3.8, 4) is 5.75 Å². The second kappa shape index (κ2) is 7.04. The molecule has 0 fully saturated rings. The Bertz CT molecular complexity index is 561. The molecule has 0 aliphatic carbocycles. The third-order valence-corrected chi connectivity index (χ3v) is 4.05. The molecule has 0 aliphatic heterocycles. The number of hydrogen-bond acceptors (Lipinski definition) is 5. The van der Waals surface area contributed by atoms with Crippen molar-refractivity contribution >= 4 is 22.9 Å². The summed E-state index contributed by atoms with van der Waals surface area (Å²) < 4.78 is 5.88. The second-order valence-electron chi connectivity index (χ2n) is 4.62. The first-order valence-corrected chi connectivity index (χ1v) is 7.63. The quantitative estimate of drug-likeness (QED) is 0.636. The highest BCUT2D eigenvalue weighted by molar-refractivity contribution is 7.09. The number of nitrogens with zero attached hydrogens (tertiary/aromatic N) is 1. The summed E-state index contributed by atoms with van der Waals surface area (Å²) in [5.74, 6) is 6.37. The number of benzene rings is 1. The zero-order chi connectivity index (χ0) is 14.5. The minimum Gasteiger partial charge on any atom is -0.489 e. The third kappa shape index (κ3) is 4.18. The van der Waals surface area contributed by atoms with E-state index in [9.17, 15) is 0 Å². The van der Waals surface area contributed by atoms with Gasteiger partial charge in [-0.2, -0.15) is 0 Å². The van der Waals surface area contributed by atoms with E-state index in [0.717, 1.165) is 22.9 Å². The van der Waals surface area contributed by atoms with Crippen LogP contribution in [0.25, 0.3) is 0 Å². The van der Waals surface area contributed by atoms with Crippen LogP contribution < -0.4 is 16.0 Å². The summed E-state index contributed by atoms with van der Waals surface area (Å²) in [6.45, 7) is 3.97. The second-order valence-corrected chi connectivity index (χ2v) is 6.11. The van der Waals surface area contributed by atoms with E-state index in [4.69, 9.17) is 22.2 Å². The maximum Gasteiger partial charge on any atom is 0.121 e. The van der Waals surface area contributed by atoms with Crippen LogP contribution in [0.4, 0.5) is 0 Å². The highest BCUT2D eigenvalue weighted by Crippen LogP contribution is 2.20. The van der Waals surface area contributed by atoms with Gasteiger partial charge in [0.25, 0.3) is 0 Å². The van der Waals surface area contributed by atoms with Crippen molar-refractivity contribution in [3.05, 3.63) is 45.4 Å². The summed E-state index contributed by atoms with van der Waals surface area (Å²) in [6, 6.07) is 7.33. The third-order valence-electron chi connectivity index (χ3n) is 2.99. The molecule has 2 aromatic rings. The van der Waals surface area contributed by atoms with Crippen LogP contribution in [0.5, 0.6) is 5.75 Å². The van der Waals surface area contributed by atoms with E-state index in [1.54, 1.807) is 17.4 Å². The van der Waals surface area contributed by atoms with Crippen molar-refractivity contribution in [2.45, 2.75) is 32.4 Å². The number of aromatic nitrogens is 1. The van der Waals surface area contributed by atoms with Crippen molar-refractivity contribution in [2.75, 3.05) is 0 Å². The van der Waals surface area contributed by atoms with Crippen LogP contribution in [0.1, 0.15) is 17.6 Å². The number of thiazole rings is 1. The van der Waals surface area contributed by atoms with Gasteiger partial charge in [0.1, 0.15) is 11.9 Å². The molecule has 2 unspecified atom stereocenters. The fourth-order valence-electron chi connectivity index (χ4n) is 1.92. The zero-order valence-electron chi connectivity index (χ0n) is 11.5. The van der Waals surface area contributed by atoms with Gasteiger partial charge < -0.3 is 4.74 Å². The van der Waals surface area contributed by atoms with Gasteiger partial charge in [-0.25, -0.2) is 4.98 Å². The molecular weight excluding hydrogens is 294 g/mol. The Kier molecular flexibility index (Phi) is 5.37. The topological polar surface area (TPSA) is 60.2 Å². The largest absolute Gasteiger partial charge is 0.489 e. The summed E-state index contributed by atoms with van der Waals surface area (Å²) in [6.07, 6.45) is 0.628. The van der Waals surface area contributed by atoms with Crippen LogP contribution in [-0.2, 0) is 6.42 Å². The van der Waals surface area contributed by atoms with Crippen LogP contribution in [0.2, 0.25) is 5.02 Å². The first-order valence-electron chi connectivity index (χ1n) is 6.38. The lowest BCUT2D eigenvalue weighted by Crippen LogP contribution is -2.46. The Morgan fingerprint density at radius 2 is 2.30 bits per heavy atom. The summed E-state index contributed by atoms with van der Waals surface area (Å²) >= 11 is 7.58. The maximum absolute atomic E-state index is 5.95. The number of hydrogen-bond donors (Lipinski definition) is 2. The van der Waals surface area contributed by atoms with Crippen molar-refractivity contribution in [2.24, 2.45) is 5.84 Å². The maximum atomic E-state index is 5.95. The Hall–Kier alpha value is -1.14. The van der Waals surface area contributed by atoms with E-state index in [-0.39, 0.29) is 12.1 Å². The van der Waals surface area contributed by atoms with Gasteiger partial charge in [0.2, 0.25) is 0 Å². The predicted molar refractivity (Wildman–Crippen MR) is 83.2 cm³/mol. The number of rotatable bonds is 6. The van der Waals surface area contributed by atoms with Gasteiger partial charge >= 0.3 is 0 Å². The average Bonchev–Trinajstić information content (AvgIpc) is 2.81. The van der Waals surface area contributed by atoms with Gasteiger partial charge in [0.15, 0.2) is 0 Å². The molecule has 1 aromatic heterocycles. The van der Waals surface area contributed by atoms with Crippen LogP contribution in [-0.4, -0.2) is 17.1 Å². The molecule has 20 heavy (non-hydrogen) atoms. The van der Waals surface area contributed by atoms with Crippen LogP contribution >= 0.6 is 22.9 Å². The number of aryl methyl sites for hydroxylation is 1. The monoisotopic (exact) mass is 311 g/mol. The molecule has 0 saturated heterocycles. The molecule has 3 N–H and O–H groups in total. The number of nitrogens with two attached hydrogens (primary N) is 1. The van der Waals surface area contributed by atoms with Gasteiger partial charge in [-0.1, -0.05) is 17.7 Å². The van der Waals surface area contributed by atoms with Crippen molar-refractivity contribution in [3.63, 3.8) is 0 Å². The van der Waals surface area contributed by atoms with E-state index in [2.05, 4.69) is 10.4 Å². The fourth-order valence-corrected chi connectivity index (χ4v) is 2.73. The molecule has 0 spiro atoms. The Balaban J connectivity index is 1.99. The zero-order valence-corrected chi connectivity index (χ0v) is 13.0. The standard InChI is InChI=1S/C14H18ClN3OS/c1-9(19-13-5-3-4-11(15)6-13)14(18-16)7-12-8-20-10(2)17-12/h3-6,8-9,14,18H,7,16H2,1-2H3. The SMILES string of the molecule is Cc1nc(CC(NN)C(C)Oc2cccc(Cl)c2)cs1. The average molecular weight is 312 g/mol. The molecule has 0 radical (unpaired) electrons. The minimum absolute atomic E-state index is 0.0181. The lowest BCUT2D eigenvalue weighted by atomic mass is 10.1. The van der Waals surface area contributed by atoms with Crippen molar-refractivity contribution in [1.29, 1.82) is 0 Å². The molecule has 6 heteroatoms. The molecule has 108 valence electrons. The van der Waals surface area contributed by atoms with Crippen LogP contribution in [0, 0.1) is 6.92 Å². The van der Waals surface area contributed by atoms with Gasteiger partial charge in [0, 0.05) is 16.8 Å². The molecule has 2 atom stereocenters. The first kappa shape index (κ1) is 15.3. The van der Waals surface area contributed by atoms with Crippen LogP contribution in [0.3, 0.4) is 0 Å². The molecule has 4 nitrogen and oxygen atoms in total. The highest BCUT2D eigenvalue weighted by Gasteiger charge is 2.19. The molecule has 0 amide bonds. The highest BCUT2D eigenvalue weighted by atomic mass is 35.5. The van der Waals surface area contributed by atoms with Gasteiger partial charge in [-0.15, -0.1) is 11.3 Å². The lowest BCUT2D eigenvalue weighted by molar-refractivity contribution is 0.169. The van der Waals surface area contributed by atoms with E-state index in [1.807, 2.05) is 37.4 Å². The minimum atomic E-state index is -0.0968. The summed E-state index contributed by atoms with van der Waals surface area (Å²) in [5, 5.41) is 3.76. The number of nitrogens with one attached hydrogen (secondary N) is 1. The molecule has 0 aliphatic rings. The van der Waals surface area contributed by atoms with Crippen molar-refractivity contribution < 1.29 is 4.74 Å². The molecule has 1 heterocycles. The Morgan fingerprint density at radius 1 is 1.50 bits per heavy atom. The summed E-state index contributed by atoms with van der Waals surface area (Å²) in [7, 11) is 0. The lowest BCUT2D eigenvalue weighted by Gasteiger charge is -2.23. The number of halogens is 1. The van der Waals surface area contributed by atoms with E-state index in [0.29, 0.717) is 5.02 Å². The van der Waals surface area contributed by atoms with E-state index in [1.165, 1.54) is 0 Å². The molecule has 2 rings (SSSR count). The number of ether oxygens (including phenoxy) is 1. The fraction of sp³-hybridized carbons (Fsp3) is 0.357. The molecule has 1 aromatic carbocycles. The van der Waals surface area contributed by atoms with Gasteiger partial charge in [0.05, 0.1) is 16.7 Å². The Morgan fingerprint density at radius 3 is 2.90 bits per heavy atom. The summed E-state index contributed by atoms with van der Waals surface area (Å²) in [4.78, 5) is 4.45. The smallest absolute Gasteiger partial charge is 0.121 e. The number of hydrazine groups is 1. The summed E-state index contributed by atoms with van der Waals surface area (Å²) in [5.41, 5.74) is 3.83. The van der Waals surface area contributed by atoms with E-state index < -0.39 is 0 Å². The normalized spacial score (nSPS) is 14.0. The van der Waals surface area contributed by atoms with Crippen LogP contribution in [0.15, 0.2) is 29.6 Å². The van der Waals surface area contributed by atoms with Crippen molar-refractivity contribution in [1.82, 2.24) is 10.4 Å². The molecule has 0 bridgehead atoms. The Labute approximate surface area is 127 Å². The first-order chi connectivity index (χ1) is 9.58. The predicted octanol–water partition coefficient (Wildman–Crippen LogP) is 2.95.